The van der Waals surface area contributed by atoms with E-state index in [0.29, 0.717) is 58.0 Å². The molecule has 4 saturated carbocycles. The first kappa shape index (κ1) is 39.0. The fraction of sp³-hybridized carbons (Fsp3) is 0.744. The van der Waals surface area contributed by atoms with Crippen LogP contribution >= 0.6 is 0 Å². The zero-order valence-corrected chi connectivity index (χ0v) is 32.4. The van der Waals surface area contributed by atoms with Gasteiger partial charge in [-0.3, -0.25) is 14.4 Å². The number of hydrogen-bond acceptors (Lipinski definition) is 7. The Kier molecular flexibility index (Phi) is 10.6. The number of amides is 2. The molecule has 5 N–H and O–H groups in total. The van der Waals surface area contributed by atoms with E-state index in [1.807, 2.05) is 44.2 Å². The number of aliphatic hydroxyl groups excluding tert-OH is 3. The standard InChI is InChI=1S/C43H64N2O7/c1-38(37(51)52-6)19-21-43(36(50)45-24-10-23-44-34(48)16-13-28-11-8-7-9-12-28)22-20-41(4)29(30(43)25-38)14-15-33-39(2)26-31(47)35(49)40(3,27-46)32(39)17-18-42(33,41)5/h7-9,11-12,14,30-33,35,46-47,49H,10,13,15-27H2,1-6H3,(H,44,48)(H,45,50)/t30?,31-,32?,33?,35-,38-,39-,40-,41+,42+,43-/m0/s1. The number of aliphatic hydroxyl groups is 3. The van der Waals surface area contributed by atoms with Gasteiger partial charge in [-0.25, -0.2) is 0 Å². The van der Waals surface area contributed by atoms with Crippen LogP contribution in [0.3, 0.4) is 0 Å². The molecule has 9 nitrogen and oxygen atoms in total. The Morgan fingerprint density at radius 3 is 2.27 bits per heavy atom. The highest BCUT2D eigenvalue weighted by Crippen LogP contribution is 2.75. The summed E-state index contributed by atoms with van der Waals surface area (Å²) in [6.07, 6.45) is 8.70. The van der Waals surface area contributed by atoms with Crippen LogP contribution in [0.2, 0.25) is 0 Å². The van der Waals surface area contributed by atoms with Crippen molar-refractivity contribution < 1.29 is 34.4 Å². The van der Waals surface area contributed by atoms with Crippen LogP contribution in [0.25, 0.3) is 0 Å². The maximum atomic E-state index is 14.5. The number of rotatable bonds is 10. The van der Waals surface area contributed by atoms with E-state index < -0.39 is 28.5 Å². The SMILES string of the molecule is COC(=O)[C@@]1(C)CC[C@]2(C(=O)NCCCNC(=O)CCc3ccccc3)CC[C@]3(C)C(=CCC4[C@@]5(C)C[C@H](O)[C@H](O)[C@@](C)(CO)C5CC[C@]43C)C2C1. The van der Waals surface area contributed by atoms with E-state index in [4.69, 9.17) is 4.74 Å². The van der Waals surface area contributed by atoms with Crippen LogP contribution < -0.4 is 10.6 Å². The predicted molar refractivity (Wildman–Crippen MR) is 200 cm³/mol. The highest BCUT2D eigenvalue weighted by Gasteiger charge is 2.71. The van der Waals surface area contributed by atoms with Crippen LogP contribution in [0.5, 0.6) is 0 Å². The van der Waals surface area contributed by atoms with Gasteiger partial charge in [-0.1, -0.05) is 69.7 Å². The van der Waals surface area contributed by atoms with Crippen LogP contribution in [-0.2, 0) is 25.5 Å². The second-order valence-corrected chi connectivity index (χ2v) is 18.6. The molecule has 11 atom stereocenters. The molecule has 5 aliphatic rings. The second kappa shape index (κ2) is 14.2. The third kappa shape index (κ3) is 6.05. The van der Waals surface area contributed by atoms with Gasteiger partial charge in [-0.15, -0.1) is 0 Å². The quantitative estimate of drug-likeness (QED) is 0.122. The van der Waals surface area contributed by atoms with Gasteiger partial charge >= 0.3 is 5.97 Å². The third-order valence-electron chi connectivity index (χ3n) is 16.1. The molecule has 0 bridgehead atoms. The van der Waals surface area contributed by atoms with Gasteiger partial charge in [0.1, 0.15) is 0 Å². The predicted octanol–water partition coefficient (Wildman–Crippen LogP) is 5.50. The van der Waals surface area contributed by atoms with Crippen LogP contribution in [0.15, 0.2) is 42.0 Å². The number of aryl methyl sites for hydroxylation is 1. The van der Waals surface area contributed by atoms with E-state index in [-0.39, 0.29) is 58.4 Å². The second-order valence-electron chi connectivity index (χ2n) is 18.6. The van der Waals surface area contributed by atoms with Gasteiger partial charge in [0.2, 0.25) is 11.8 Å². The molecule has 2 amide bonds. The molecule has 0 aliphatic heterocycles. The zero-order chi connectivity index (χ0) is 37.7. The van der Waals surface area contributed by atoms with E-state index >= 15 is 0 Å². The van der Waals surface area contributed by atoms with Crippen LogP contribution in [0.4, 0.5) is 0 Å². The Morgan fingerprint density at radius 1 is 0.885 bits per heavy atom. The Labute approximate surface area is 310 Å². The number of fused-ring (bicyclic) bond motifs is 7. The van der Waals surface area contributed by atoms with Gasteiger partial charge in [0.15, 0.2) is 0 Å². The number of ether oxygens (including phenoxy) is 1. The van der Waals surface area contributed by atoms with Crippen molar-refractivity contribution in [2.24, 2.45) is 50.2 Å². The molecule has 52 heavy (non-hydrogen) atoms. The summed E-state index contributed by atoms with van der Waals surface area (Å²) < 4.78 is 5.35. The van der Waals surface area contributed by atoms with Crippen molar-refractivity contribution in [3.8, 4) is 0 Å². The normalized spacial score (nSPS) is 42.3. The molecule has 9 heteroatoms. The smallest absolute Gasteiger partial charge is 0.311 e. The number of nitrogens with one attached hydrogen (secondary N) is 2. The minimum Gasteiger partial charge on any atom is -0.469 e. The maximum Gasteiger partial charge on any atom is 0.311 e. The Balaban J connectivity index is 1.22. The van der Waals surface area contributed by atoms with Gasteiger partial charge in [0.25, 0.3) is 0 Å². The Bertz CT molecular complexity index is 1550. The molecule has 0 aromatic heterocycles. The molecular weight excluding hydrogens is 656 g/mol. The number of carbonyl (C=O) groups excluding carboxylic acids is 3. The lowest BCUT2D eigenvalue weighted by Crippen LogP contribution is -2.68. The summed E-state index contributed by atoms with van der Waals surface area (Å²) in [4.78, 5) is 40.3. The summed E-state index contributed by atoms with van der Waals surface area (Å²) in [5.41, 5.74) is -0.331. The van der Waals surface area contributed by atoms with Crippen molar-refractivity contribution in [3.63, 3.8) is 0 Å². The van der Waals surface area contributed by atoms with Gasteiger partial charge in [-0.2, -0.15) is 0 Å². The zero-order valence-electron chi connectivity index (χ0n) is 32.4. The molecule has 0 heterocycles. The first-order valence-corrected chi connectivity index (χ1v) is 19.9. The topological polar surface area (TPSA) is 145 Å². The lowest BCUT2D eigenvalue weighted by atomic mass is 9.33. The molecule has 3 unspecified atom stereocenters. The van der Waals surface area contributed by atoms with E-state index in [0.717, 1.165) is 37.7 Å². The maximum absolute atomic E-state index is 14.5. The fourth-order valence-corrected chi connectivity index (χ4v) is 12.7. The van der Waals surface area contributed by atoms with Crippen molar-refractivity contribution in [2.45, 2.75) is 124 Å². The molecule has 0 radical (unpaired) electrons. The number of hydrogen-bond donors (Lipinski definition) is 5. The van der Waals surface area contributed by atoms with Gasteiger partial charge in [-0.05, 0) is 117 Å². The molecule has 0 spiro atoms. The highest BCUT2D eigenvalue weighted by molar-refractivity contribution is 5.85. The highest BCUT2D eigenvalue weighted by atomic mass is 16.5. The molecule has 288 valence electrons. The molecule has 6 rings (SSSR count). The molecular formula is C43H64N2O7. The summed E-state index contributed by atoms with van der Waals surface area (Å²) in [6.45, 7) is 11.8. The molecule has 0 saturated heterocycles. The van der Waals surface area contributed by atoms with E-state index in [9.17, 15) is 29.7 Å². The summed E-state index contributed by atoms with van der Waals surface area (Å²) in [5, 5.41) is 39.2. The van der Waals surface area contributed by atoms with Gasteiger partial charge in [0.05, 0.1) is 36.8 Å². The van der Waals surface area contributed by atoms with Crippen molar-refractivity contribution in [1.29, 1.82) is 0 Å². The van der Waals surface area contributed by atoms with E-state index in [1.54, 1.807) is 0 Å². The third-order valence-corrected chi connectivity index (χ3v) is 16.1. The van der Waals surface area contributed by atoms with Crippen molar-refractivity contribution in [1.82, 2.24) is 10.6 Å². The van der Waals surface area contributed by atoms with E-state index in [1.165, 1.54) is 12.7 Å². The first-order chi connectivity index (χ1) is 24.5. The van der Waals surface area contributed by atoms with Crippen LogP contribution in [-0.4, -0.2) is 72.1 Å². The van der Waals surface area contributed by atoms with Crippen molar-refractivity contribution in [2.75, 3.05) is 26.8 Å². The summed E-state index contributed by atoms with van der Waals surface area (Å²) >= 11 is 0. The molecule has 4 fully saturated rings. The summed E-state index contributed by atoms with van der Waals surface area (Å²) in [5.74, 6) is 0.0112. The number of esters is 1. The number of methoxy groups -OCH3 is 1. The lowest BCUT2D eigenvalue weighted by Gasteiger charge is -2.71. The molecule has 1 aromatic carbocycles. The van der Waals surface area contributed by atoms with Gasteiger partial charge < -0.3 is 30.7 Å². The van der Waals surface area contributed by atoms with Crippen LogP contribution in [0.1, 0.15) is 111 Å². The average molecular weight is 721 g/mol. The minimum absolute atomic E-state index is 0.00797. The largest absolute Gasteiger partial charge is 0.469 e. The number of carbonyl (C=O) groups is 3. The van der Waals surface area contributed by atoms with Crippen LogP contribution in [0, 0.1) is 50.2 Å². The number of allylic oxidation sites excluding steroid dienone is 2. The number of benzene rings is 1. The average Bonchev–Trinajstić information content (AvgIpc) is 3.13. The Morgan fingerprint density at radius 2 is 1.58 bits per heavy atom. The van der Waals surface area contributed by atoms with E-state index in [2.05, 4.69) is 37.5 Å². The monoisotopic (exact) mass is 720 g/mol. The minimum atomic E-state index is -0.965. The molecule has 5 aliphatic carbocycles. The van der Waals surface area contributed by atoms with Gasteiger partial charge in [0, 0.05) is 24.9 Å². The lowest BCUT2D eigenvalue weighted by molar-refractivity contribution is -0.243. The first-order valence-electron chi connectivity index (χ1n) is 19.9. The summed E-state index contributed by atoms with van der Waals surface area (Å²) in [7, 11) is 1.45. The fourth-order valence-electron chi connectivity index (χ4n) is 12.7. The van der Waals surface area contributed by atoms with Crippen molar-refractivity contribution >= 4 is 17.8 Å². The molecule has 1 aromatic rings. The summed E-state index contributed by atoms with van der Waals surface area (Å²) in [6, 6.07) is 9.97. The Hall–Kier alpha value is -2.75. The van der Waals surface area contributed by atoms with Crippen molar-refractivity contribution in [3.05, 3.63) is 47.5 Å².